The van der Waals surface area contributed by atoms with Crippen molar-refractivity contribution in [3.63, 3.8) is 0 Å². The number of hydrogen-bond donors (Lipinski definition) is 2. The SMILES string of the molecule is CC(Cc1ccccc1Cl)NC(=O)C1(C)CCCC1N. The van der Waals surface area contributed by atoms with E-state index in [0.29, 0.717) is 0 Å². The van der Waals surface area contributed by atoms with Gasteiger partial charge in [-0.1, -0.05) is 36.2 Å². The maximum absolute atomic E-state index is 12.4. The summed E-state index contributed by atoms with van der Waals surface area (Å²) in [4.78, 5) is 12.4. The van der Waals surface area contributed by atoms with Crippen molar-refractivity contribution in [2.24, 2.45) is 11.1 Å². The minimum Gasteiger partial charge on any atom is -0.353 e. The highest BCUT2D eigenvalue weighted by atomic mass is 35.5. The second-order valence-electron chi connectivity index (χ2n) is 6.09. The minimum absolute atomic E-state index is 0.0324. The molecule has 1 aliphatic rings. The molecule has 20 heavy (non-hydrogen) atoms. The molecule has 0 aromatic heterocycles. The van der Waals surface area contributed by atoms with Gasteiger partial charge in [0.25, 0.3) is 0 Å². The van der Waals surface area contributed by atoms with E-state index in [1.165, 1.54) is 0 Å². The first-order chi connectivity index (χ1) is 9.43. The Morgan fingerprint density at radius 1 is 1.55 bits per heavy atom. The summed E-state index contributed by atoms with van der Waals surface area (Å²) in [5.41, 5.74) is 6.72. The molecule has 1 fully saturated rings. The zero-order chi connectivity index (χ0) is 14.8. The van der Waals surface area contributed by atoms with E-state index in [-0.39, 0.29) is 18.0 Å². The van der Waals surface area contributed by atoms with E-state index in [1.54, 1.807) is 0 Å². The quantitative estimate of drug-likeness (QED) is 0.897. The number of carbonyl (C=O) groups is 1. The van der Waals surface area contributed by atoms with Gasteiger partial charge in [0, 0.05) is 17.1 Å². The standard InChI is InChI=1S/C16H23ClN2O/c1-11(10-12-6-3-4-7-13(12)17)19-15(20)16(2)9-5-8-14(16)18/h3-4,6-7,11,14H,5,8-10,18H2,1-2H3,(H,19,20). The summed E-state index contributed by atoms with van der Waals surface area (Å²) in [6.45, 7) is 3.98. The molecule has 1 amide bonds. The van der Waals surface area contributed by atoms with E-state index in [0.717, 1.165) is 36.3 Å². The molecule has 0 spiro atoms. The van der Waals surface area contributed by atoms with Crippen LogP contribution in [-0.2, 0) is 11.2 Å². The number of halogens is 1. The Morgan fingerprint density at radius 3 is 2.85 bits per heavy atom. The van der Waals surface area contributed by atoms with E-state index in [1.807, 2.05) is 38.1 Å². The van der Waals surface area contributed by atoms with Crippen LogP contribution < -0.4 is 11.1 Å². The molecule has 3 N–H and O–H groups in total. The molecule has 0 heterocycles. The monoisotopic (exact) mass is 294 g/mol. The molecule has 3 unspecified atom stereocenters. The molecule has 0 radical (unpaired) electrons. The van der Waals surface area contributed by atoms with E-state index < -0.39 is 5.41 Å². The highest BCUT2D eigenvalue weighted by Gasteiger charge is 2.43. The molecular weight excluding hydrogens is 272 g/mol. The molecule has 1 aliphatic carbocycles. The summed E-state index contributed by atoms with van der Waals surface area (Å²) in [5, 5.41) is 3.84. The van der Waals surface area contributed by atoms with Crippen molar-refractivity contribution in [2.45, 2.75) is 51.6 Å². The molecule has 1 aromatic rings. The average molecular weight is 295 g/mol. The van der Waals surface area contributed by atoms with E-state index in [9.17, 15) is 4.79 Å². The average Bonchev–Trinajstić information content (AvgIpc) is 2.74. The third kappa shape index (κ3) is 3.15. The smallest absolute Gasteiger partial charge is 0.227 e. The summed E-state index contributed by atoms with van der Waals surface area (Å²) in [6, 6.07) is 7.76. The summed E-state index contributed by atoms with van der Waals surface area (Å²) in [5.74, 6) is 0.0713. The molecule has 3 nitrogen and oxygen atoms in total. The third-order valence-corrected chi connectivity index (χ3v) is 4.78. The van der Waals surface area contributed by atoms with Crippen LogP contribution in [0.2, 0.25) is 5.02 Å². The maximum Gasteiger partial charge on any atom is 0.227 e. The van der Waals surface area contributed by atoms with Crippen LogP contribution in [0.1, 0.15) is 38.7 Å². The van der Waals surface area contributed by atoms with Gasteiger partial charge in [-0.2, -0.15) is 0 Å². The van der Waals surface area contributed by atoms with E-state index in [2.05, 4.69) is 5.32 Å². The van der Waals surface area contributed by atoms with Crippen molar-refractivity contribution in [2.75, 3.05) is 0 Å². The molecule has 110 valence electrons. The topological polar surface area (TPSA) is 55.1 Å². The van der Waals surface area contributed by atoms with Crippen molar-refractivity contribution in [3.05, 3.63) is 34.9 Å². The summed E-state index contributed by atoms with van der Waals surface area (Å²) >= 11 is 6.15. The molecule has 0 saturated heterocycles. The van der Waals surface area contributed by atoms with Crippen LogP contribution in [0.3, 0.4) is 0 Å². The van der Waals surface area contributed by atoms with E-state index >= 15 is 0 Å². The molecule has 1 aromatic carbocycles. The van der Waals surface area contributed by atoms with Crippen LogP contribution in [0.25, 0.3) is 0 Å². The van der Waals surface area contributed by atoms with Gasteiger partial charge in [0.1, 0.15) is 0 Å². The summed E-state index contributed by atoms with van der Waals surface area (Å²) in [6.07, 6.45) is 3.57. The molecular formula is C16H23ClN2O. The fourth-order valence-electron chi connectivity index (χ4n) is 2.91. The lowest BCUT2D eigenvalue weighted by Gasteiger charge is -2.29. The molecule has 4 heteroatoms. The molecule has 0 aliphatic heterocycles. The predicted octanol–water partition coefficient (Wildman–Crippen LogP) is 2.90. The first-order valence-corrected chi connectivity index (χ1v) is 7.61. The predicted molar refractivity (Wildman–Crippen MR) is 82.7 cm³/mol. The second kappa shape index (κ2) is 6.15. The summed E-state index contributed by atoms with van der Waals surface area (Å²) < 4.78 is 0. The van der Waals surface area contributed by atoms with Crippen LogP contribution in [0.5, 0.6) is 0 Å². The Kier molecular flexibility index (Phi) is 4.71. The first kappa shape index (κ1) is 15.3. The number of nitrogens with one attached hydrogen (secondary N) is 1. The number of amides is 1. The number of nitrogens with two attached hydrogens (primary N) is 1. The highest BCUT2D eigenvalue weighted by Crippen LogP contribution is 2.36. The Balaban J connectivity index is 1.96. The lowest BCUT2D eigenvalue weighted by Crippen LogP contribution is -2.50. The van der Waals surface area contributed by atoms with Gasteiger partial charge in [0.05, 0.1) is 5.41 Å². The second-order valence-corrected chi connectivity index (χ2v) is 6.49. The molecule has 0 bridgehead atoms. The fraction of sp³-hybridized carbons (Fsp3) is 0.562. The Morgan fingerprint density at radius 2 is 2.25 bits per heavy atom. The normalized spacial score (nSPS) is 27.3. The van der Waals surface area contributed by atoms with Gasteiger partial charge in [-0.25, -0.2) is 0 Å². The molecule has 3 atom stereocenters. The van der Waals surface area contributed by atoms with Gasteiger partial charge < -0.3 is 11.1 Å². The van der Waals surface area contributed by atoms with Crippen molar-refractivity contribution in [3.8, 4) is 0 Å². The van der Waals surface area contributed by atoms with E-state index in [4.69, 9.17) is 17.3 Å². The summed E-state index contributed by atoms with van der Waals surface area (Å²) in [7, 11) is 0. The van der Waals surface area contributed by atoms with Crippen molar-refractivity contribution >= 4 is 17.5 Å². The lowest BCUT2D eigenvalue weighted by molar-refractivity contribution is -0.131. The van der Waals surface area contributed by atoms with Crippen LogP contribution in [0, 0.1) is 5.41 Å². The van der Waals surface area contributed by atoms with Crippen LogP contribution in [-0.4, -0.2) is 18.0 Å². The van der Waals surface area contributed by atoms with Crippen molar-refractivity contribution in [1.82, 2.24) is 5.32 Å². The van der Waals surface area contributed by atoms with Crippen LogP contribution >= 0.6 is 11.6 Å². The van der Waals surface area contributed by atoms with Gasteiger partial charge in [0.2, 0.25) is 5.91 Å². The Bertz CT molecular complexity index is 491. The highest BCUT2D eigenvalue weighted by molar-refractivity contribution is 6.31. The van der Waals surface area contributed by atoms with Crippen molar-refractivity contribution in [1.29, 1.82) is 0 Å². The van der Waals surface area contributed by atoms with Gasteiger partial charge in [0.15, 0.2) is 0 Å². The third-order valence-electron chi connectivity index (χ3n) is 4.41. The van der Waals surface area contributed by atoms with Crippen LogP contribution in [0.15, 0.2) is 24.3 Å². The molecule has 2 rings (SSSR count). The fourth-order valence-corrected chi connectivity index (χ4v) is 3.12. The molecule has 1 saturated carbocycles. The first-order valence-electron chi connectivity index (χ1n) is 7.23. The minimum atomic E-state index is -0.422. The Labute approximate surface area is 125 Å². The number of benzene rings is 1. The number of carbonyl (C=O) groups excluding carboxylic acids is 1. The number of rotatable bonds is 4. The zero-order valence-corrected chi connectivity index (χ0v) is 12.9. The van der Waals surface area contributed by atoms with Gasteiger partial charge >= 0.3 is 0 Å². The van der Waals surface area contributed by atoms with Gasteiger partial charge in [-0.15, -0.1) is 0 Å². The van der Waals surface area contributed by atoms with Gasteiger partial charge in [-0.3, -0.25) is 4.79 Å². The van der Waals surface area contributed by atoms with Gasteiger partial charge in [-0.05, 0) is 44.7 Å². The van der Waals surface area contributed by atoms with Crippen molar-refractivity contribution < 1.29 is 4.79 Å². The lowest BCUT2D eigenvalue weighted by atomic mass is 9.84. The zero-order valence-electron chi connectivity index (χ0n) is 12.2. The maximum atomic E-state index is 12.4. The number of hydrogen-bond acceptors (Lipinski definition) is 2. The largest absolute Gasteiger partial charge is 0.353 e. The van der Waals surface area contributed by atoms with Crippen LogP contribution in [0.4, 0.5) is 0 Å². The Hall–Kier alpha value is -1.06.